The van der Waals surface area contributed by atoms with Crippen molar-refractivity contribution in [2.45, 2.75) is 52.4 Å². The second-order valence-electron chi connectivity index (χ2n) is 8.14. The molecular weight excluding hydrogens is 367 g/mol. The lowest BCUT2D eigenvalue weighted by Gasteiger charge is -2.28. The van der Waals surface area contributed by atoms with Gasteiger partial charge in [0.2, 0.25) is 0 Å². The van der Waals surface area contributed by atoms with Crippen LogP contribution in [-0.4, -0.2) is 0 Å². The summed E-state index contributed by atoms with van der Waals surface area (Å²) in [6, 6.07) is 15.9. The van der Waals surface area contributed by atoms with Crippen LogP contribution < -0.4 is 9.05 Å². The Labute approximate surface area is 162 Å². The van der Waals surface area contributed by atoms with Gasteiger partial charge in [-0.3, -0.25) is 0 Å². The van der Waals surface area contributed by atoms with Crippen LogP contribution in [0.25, 0.3) is 0 Å². The minimum absolute atomic E-state index is 0.0526. The zero-order valence-electron chi connectivity index (χ0n) is 15.7. The quantitative estimate of drug-likeness (QED) is 0.450. The smallest absolute Gasteiger partial charge is 0.345 e. The van der Waals surface area contributed by atoms with Crippen molar-refractivity contribution >= 4 is 29.7 Å². The second kappa shape index (κ2) is 7.34. The van der Waals surface area contributed by atoms with Gasteiger partial charge in [0.1, 0.15) is 11.5 Å². The van der Waals surface area contributed by atoms with Crippen molar-refractivity contribution in [2.75, 3.05) is 0 Å². The molecule has 0 aromatic heterocycles. The zero-order chi connectivity index (χ0) is 18.9. The van der Waals surface area contributed by atoms with Gasteiger partial charge in [-0.1, -0.05) is 90.2 Å². The Morgan fingerprint density at radius 3 is 1.36 bits per heavy atom. The molecule has 0 N–H and O–H groups in total. The molecule has 0 saturated carbocycles. The van der Waals surface area contributed by atoms with E-state index < -0.39 is 5.69 Å². The summed E-state index contributed by atoms with van der Waals surface area (Å²) < 4.78 is 12.2. The Morgan fingerprint density at radius 2 is 1.04 bits per heavy atom. The van der Waals surface area contributed by atoms with Crippen molar-refractivity contribution in [3.63, 3.8) is 0 Å². The molecule has 0 aliphatic rings. The van der Waals surface area contributed by atoms with Gasteiger partial charge in [0.05, 0.1) is 0 Å². The summed E-state index contributed by atoms with van der Waals surface area (Å²) in [5, 5.41) is 0. The standard InChI is InChI=1S/C20H27O2PS2/c1-19(2,3)15-11-7-9-13-17(15)21-23(24,25)22-18-14-10-8-12-16(18)20(4,5)6/h7-14H,1-6H3,(H,24,25). The summed E-state index contributed by atoms with van der Waals surface area (Å²) >= 11 is 10.2. The van der Waals surface area contributed by atoms with Gasteiger partial charge in [0.25, 0.3) is 0 Å². The van der Waals surface area contributed by atoms with E-state index in [0.29, 0.717) is 0 Å². The normalized spacial score (nSPS) is 12.8. The van der Waals surface area contributed by atoms with Gasteiger partial charge in [-0.25, -0.2) is 0 Å². The second-order valence-corrected chi connectivity index (χ2v) is 13.3. The van der Waals surface area contributed by atoms with Gasteiger partial charge in [-0.05, 0) is 45.9 Å². The minimum atomic E-state index is -2.80. The molecule has 0 spiro atoms. The number of hydrogen-bond acceptors (Lipinski definition) is 3. The molecule has 0 aliphatic heterocycles. The maximum absolute atomic E-state index is 6.10. The number of hydrogen-bond donors (Lipinski definition) is 1. The third kappa shape index (κ3) is 5.51. The van der Waals surface area contributed by atoms with Crippen LogP contribution in [0, 0.1) is 0 Å². The Morgan fingerprint density at radius 1 is 0.720 bits per heavy atom. The van der Waals surface area contributed by atoms with Crippen LogP contribution >= 0.6 is 17.9 Å². The van der Waals surface area contributed by atoms with E-state index in [1.165, 1.54) is 0 Å². The van der Waals surface area contributed by atoms with Gasteiger partial charge in [0.15, 0.2) is 0 Å². The first-order valence-electron chi connectivity index (χ1n) is 8.31. The summed E-state index contributed by atoms with van der Waals surface area (Å²) in [5.74, 6) is 1.48. The largest absolute Gasteiger partial charge is 0.428 e. The molecule has 136 valence electrons. The van der Waals surface area contributed by atoms with E-state index in [4.69, 9.17) is 20.9 Å². The molecule has 0 fully saturated rings. The highest BCUT2D eigenvalue weighted by molar-refractivity contribution is 8.60. The van der Waals surface area contributed by atoms with E-state index in [0.717, 1.165) is 22.6 Å². The maximum atomic E-state index is 6.10. The van der Waals surface area contributed by atoms with Crippen LogP contribution in [0.15, 0.2) is 48.5 Å². The van der Waals surface area contributed by atoms with E-state index >= 15 is 0 Å². The van der Waals surface area contributed by atoms with Crippen LogP contribution in [0.3, 0.4) is 0 Å². The maximum Gasteiger partial charge on any atom is 0.345 e. The van der Waals surface area contributed by atoms with Crippen LogP contribution in [-0.2, 0) is 22.6 Å². The first-order chi connectivity index (χ1) is 11.4. The number of para-hydroxylation sites is 2. The van der Waals surface area contributed by atoms with E-state index in [-0.39, 0.29) is 10.8 Å². The van der Waals surface area contributed by atoms with Crippen LogP contribution in [0.4, 0.5) is 0 Å². The zero-order valence-corrected chi connectivity index (χ0v) is 18.3. The third-order valence-corrected chi connectivity index (χ3v) is 5.61. The Bertz CT molecular complexity index is 725. The summed E-state index contributed by atoms with van der Waals surface area (Å²) in [6.45, 7) is 12.9. The first kappa shape index (κ1) is 20.4. The summed E-state index contributed by atoms with van der Waals surface area (Å²) in [7, 11) is 0. The van der Waals surface area contributed by atoms with E-state index in [1.807, 2.05) is 36.4 Å². The average molecular weight is 395 g/mol. The summed E-state index contributed by atoms with van der Waals surface area (Å²) in [5.41, 5.74) is -0.729. The highest BCUT2D eigenvalue weighted by Gasteiger charge is 2.26. The molecule has 0 heterocycles. The number of benzene rings is 2. The van der Waals surface area contributed by atoms with E-state index in [9.17, 15) is 0 Å². The van der Waals surface area contributed by atoms with Crippen molar-refractivity contribution in [1.82, 2.24) is 0 Å². The lowest BCUT2D eigenvalue weighted by molar-refractivity contribution is 0.473. The molecule has 0 saturated heterocycles. The van der Waals surface area contributed by atoms with Crippen molar-refractivity contribution < 1.29 is 9.05 Å². The topological polar surface area (TPSA) is 18.5 Å². The Hall–Kier alpha value is -0.960. The Balaban J connectivity index is 2.33. The monoisotopic (exact) mass is 394 g/mol. The lowest BCUT2D eigenvalue weighted by atomic mass is 9.86. The van der Waals surface area contributed by atoms with Gasteiger partial charge < -0.3 is 9.05 Å². The molecule has 0 radical (unpaired) electrons. The predicted octanol–water partition coefficient (Wildman–Crippen LogP) is 6.89. The molecule has 5 heteroatoms. The number of thiol groups is 1. The van der Waals surface area contributed by atoms with Gasteiger partial charge in [0, 0.05) is 0 Å². The van der Waals surface area contributed by atoms with Crippen molar-refractivity contribution in [3.8, 4) is 11.5 Å². The molecule has 0 amide bonds. The van der Waals surface area contributed by atoms with Gasteiger partial charge in [-0.15, -0.1) is 0 Å². The van der Waals surface area contributed by atoms with Crippen molar-refractivity contribution in [2.24, 2.45) is 0 Å². The fraction of sp³-hybridized carbons (Fsp3) is 0.400. The van der Waals surface area contributed by atoms with Crippen molar-refractivity contribution in [1.29, 1.82) is 0 Å². The molecule has 2 aromatic rings. The SMILES string of the molecule is CC(C)(C)c1ccccc1OP(=S)(S)Oc1ccccc1C(C)(C)C. The van der Waals surface area contributed by atoms with Crippen LogP contribution in [0.2, 0.25) is 0 Å². The lowest BCUT2D eigenvalue weighted by Crippen LogP contribution is -2.14. The molecule has 25 heavy (non-hydrogen) atoms. The Kier molecular flexibility index (Phi) is 5.98. The van der Waals surface area contributed by atoms with Gasteiger partial charge in [-0.2, -0.15) is 0 Å². The van der Waals surface area contributed by atoms with Gasteiger partial charge >= 0.3 is 5.69 Å². The summed E-state index contributed by atoms with van der Waals surface area (Å²) in [4.78, 5) is 0. The minimum Gasteiger partial charge on any atom is -0.428 e. The molecule has 0 bridgehead atoms. The van der Waals surface area contributed by atoms with Crippen molar-refractivity contribution in [3.05, 3.63) is 59.7 Å². The highest BCUT2D eigenvalue weighted by Crippen LogP contribution is 2.55. The molecule has 0 aliphatic carbocycles. The van der Waals surface area contributed by atoms with Crippen LogP contribution in [0.1, 0.15) is 52.7 Å². The number of rotatable bonds is 4. The molecule has 2 nitrogen and oxygen atoms in total. The third-order valence-electron chi connectivity index (χ3n) is 3.82. The molecular formula is C20H27O2PS2. The van der Waals surface area contributed by atoms with E-state index in [2.05, 4.69) is 65.9 Å². The highest BCUT2D eigenvalue weighted by atomic mass is 32.9. The first-order valence-corrected chi connectivity index (χ1v) is 12.1. The molecule has 2 rings (SSSR count). The fourth-order valence-electron chi connectivity index (χ4n) is 2.60. The molecule has 0 atom stereocenters. The predicted molar refractivity (Wildman–Crippen MR) is 115 cm³/mol. The van der Waals surface area contributed by atoms with E-state index in [1.54, 1.807) is 0 Å². The molecule has 0 unspecified atom stereocenters. The molecule has 2 aromatic carbocycles. The average Bonchev–Trinajstić information content (AvgIpc) is 2.45. The summed E-state index contributed by atoms with van der Waals surface area (Å²) in [6.07, 6.45) is 0. The van der Waals surface area contributed by atoms with Crippen LogP contribution in [0.5, 0.6) is 11.5 Å². The fourth-order valence-corrected chi connectivity index (χ4v) is 4.46.